The van der Waals surface area contributed by atoms with Gasteiger partial charge in [-0.1, -0.05) is 6.58 Å². The molecule has 3 heteroatoms. The zero-order valence-electron chi connectivity index (χ0n) is 8.25. The highest BCUT2D eigenvalue weighted by Crippen LogP contribution is 2.07. The van der Waals surface area contributed by atoms with Crippen LogP contribution in [0.2, 0.25) is 0 Å². The third kappa shape index (κ3) is 3.59. The lowest BCUT2D eigenvalue weighted by molar-refractivity contribution is -0.117. The molecule has 1 aliphatic rings. The molecule has 1 fully saturated rings. The molecule has 1 heterocycles. The quantitative estimate of drug-likeness (QED) is 0.651. The Kier molecular flexibility index (Phi) is 3.96. The second-order valence-electron chi connectivity index (χ2n) is 3.62. The molecule has 3 nitrogen and oxygen atoms in total. The Labute approximate surface area is 79.8 Å². The van der Waals surface area contributed by atoms with Crippen LogP contribution in [-0.2, 0) is 4.79 Å². The Morgan fingerprint density at radius 1 is 1.62 bits per heavy atom. The van der Waals surface area contributed by atoms with Crippen molar-refractivity contribution in [3.05, 3.63) is 12.7 Å². The van der Waals surface area contributed by atoms with E-state index < -0.39 is 0 Å². The molecule has 1 N–H and O–H groups in total. The summed E-state index contributed by atoms with van der Waals surface area (Å²) in [4.78, 5) is 13.3. The number of carbonyl (C=O) groups is 1. The zero-order valence-corrected chi connectivity index (χ0v) is 8.25. The first kappa shape index (κ1) is 10.3. The highest BCUT2D eigenvalue weighted by atomic mass is 16.1. The molecule has 0 spiro atoms. The summed E-state index contributed by atoms with van der Waals surface area (Å²) in [7, 11) is 0. The molecule has 0 aliphatic carbocycles. The van der Waals surface area contributed by atoms with Gasteiger partial charge in [0.05, 0.1) is 0 Å². The molecule has 74 valence electrons. The standard InChI is InChI=1S/C10H18N2O/c1-3-10(13)11-9(2)8-12-6-4-5-7-12/h3,9H,1,4-8H2,2H3,(H,11,13). The van der Waals surface area contributed by atoms with Gasteiger partial charge in [0.1, 0.15) is 0 Å². The fraction of sp³-hybridized carbons (Fsp3) is 0.700. The van der Waals surface area contributed by atoms with Crippen LogP contribution in [-0.4, -0.2) is 36.5 Å². The first-order valence-corrected chi connectivity index (χ1v) is 4.87. The van der Waals surface area contributed by atoms with E-state index in [1.807, 2.05) is 6.92 Å². The van der Waals surface area contributed by atoms with Gasteiger partial charge in [-0.25, -0.2) is 0 Å². The normalized spacial score (nSPS) is 19.8. The first-order chi connectivity index (χ1) is 6.22. The fourth-order valence-electron chi connectivity index (χ4n) is 1.70. The predicted octanol–water partition coefficient (Wildman–Crippen LogP) is 0.773. The third-order valence-corrected chi connectivity index (χ3v) is 2.30. The van der Waals surface area contributed by atoms with Gasteiger partial charge in [-0.3, -0.25) is 4.79 Å². The summed E-state index contributed by atoms with van der Waals surface area (Å²) in [6.45, 7) is 8.76. The zero-order chi connectivity index (χ0) is 9.68. The molecule has 1 atom stereocenters. The molecule has 0 radical (unpaired) electrons. The summed E-state index contributed by atoms with van der Waals surface area (Å²) in [6, 6.07) is 0.226. The molecule has 0 bridgehead atoms. The molecule has 1 amide bonds. The Morgan fingerprint density at radius 3 is 2.77 bits per heavy atom. The van der Waals surface area contributed by atoms with Gasteiger partial charge in [0.25, 0.3) is 0 Å². The van der Waals surface area contributed by atoms with Gasteiger partial charge in [0, 0.05) is 12.6 Å². The van der Waals surface area contributed by atoms with E-state index in [1.54, 1.807) is 0 Å². The van der Waals surface area contributed by atoms with E-state index in [2.05, 4.69) is 16.8 Å². The SMILES string of the molecule is C=CC(=O)NC(C)CN1CCCC1. The molecule has 0 aromatic rings. The van der Waals surface area contributed by atoms with Gasteiger partial charge < -0.3 is 10.2 Å². The molecule has 13 heavy (non-hydrogen) atoms. The molecule has 1 saturated heterocycles. The molecule has 0 aromatic heterocycles. The van der Waals surface area contributed by atoms with E-state index in [0.29, 0.717) is 0 Å². The second-order valence-corrected chi connectivity index (χ2v) is 3.62. The lowest BCUT2D eigenvalue weighted by Gasteiger charge is -2.20. The van der Waals surface area contributed by atoms with Crippen molar-refractivity contribution in [2.75, 3.05) is 19.6 Å². The maximum atomic E-state index is 10.9. The monoisotopic (exact) mass is 182 g/mol. The van der Waals surface area contributed by atoms with E-state index in [9.17, 15) is 4.79 Å². The van der Waals surface area contributed by atoms with E-state index >= 15 is 0 Å². The Hall–Kier alpha value is -0.830. The van der Waals surface area contributed by atoms with Crippen molar-refractivity contribution in [1.82, 2.24) is 10.2 Å². The van der Waals surface area contributed by atoms with Crippen molar-refractivity contribution in [2.45, 2.75) is 25.8 Å². The summed E-state index contributed by atoms with van der Waals surface area (Å²) < 4.78 is 0. The average Bonchev–Trinajstić information content (AvgIpc) is 2.56. The lowest BCUT2D eigenvalue weighted by atomic mass is 10.3. The van der Waals surface area contributed by atoms with Gasteiger partial charge in [0.15, 0.2) is 0 Å². The van der Waals surface area contributed by atoms with Crippen molar-refractivity contribution in [2.24, 2.45) is 0 Å². The van der Waals surface area contributed by atoms with Crippen LogP contribution in [0.25, 0.3) is 0 Å². The van der Waals surface area contributed by atoms with Crippen LogP contribution in [0, 0.1) is 0 Å². The van der Waals surface area contributed by atoms with Crippen molar-refractivity contribution in [1.29, 1.82) is 0 Å². The molecule has 1 unspecified atom stereocenters. The smallest absolute Gasteiger partial charge is 0.243 e. The maximum absolute atomic E-state index is 10.9. The number of carbonyl (C=O) groups excluding carboxylic acids is 1. The van der Waals surface area contributed by atoms with E-state index in [1.165, 1.54) is 32.0 Å². The van der Waals surface area contributed by atoms with Gasteiger partial charge in [0.2, 0.25) is 5.91 Å². The highest BCUT2D eigenvalue weighted by Gasteiger charge is 2.14. The number of hydrogen-bond acceptors (Lipinski definition) is 2. The fourth-order valence-corrected chi connectivity index (χ4v) is 1.70. The van der Waals surface area contributed by atoms with Crippen LogP contribution >= 0.6 is 0 Å². The van der Waals surface area contributed by atoms with E-state index in [4.69, 9.17) is 0 Å². The summed E-state index contributed by atoms with van der Waals surface area (Å²) >= 11 is 0. The number of nitrogens with one attached hydrogen (secondary N) is 1. The number of nitrogens with zero attached hydrogens (tertiary/aromatic N) is 1. The minimum absolute atomic E-state index is 0.0771. The van der Waals surface area contributed by atoms with Crippen LogP contribution in [0.5, 0.6) is 0 Å². The molecule has 1 rings (SSSR count). The summed E-state index contributed by atoms with van der Waals surface area (Å²) in [5, 5.41) is 2.86. The Bertz CT molecular complexity index is 185. The number of likely N-dealkylation sites (tertiary alicyclic amines) is 1. The average molecular weight is 182 g/mol. The number of amides is 1. The van der Waals surface area contributed by atoms with Crippen LogP contribution in [0.3, 0.4) is 0 Å². The topological polar surface area (TPSA) is 32.3 Å². The summed E-state index contributed by atoms with van der Waals surface area (Å²) in [5.74, 6) is -0.0771. The van der Waals surface area contributed by atoms with Crippen molar-refractivity contribution in [3.63, 3.8) is 0 Å². The van der Waals surface area contributed by atoms with Gasteiger partial charge in [-0.05, 0) is 38.9 Å². The summed E-state index contributed by atoms with van der Waals surface area (Å²) in [6.07, 6.45) is 3.91. The number of rotatable bonds is 4. The lowest BCUT2D eigenvalue weighted by Crippen LogP contribution is -2.40. The minimum Gasteiger partial charge on any atom is -0.349 e. The third-order valence-electron chi connectivity index (χ3n) is 2.30. The van der Waals surface area contributed by atoms with Crippen molar-refractivity contribution in [3.8, 4) is 0 Å². The van der Waals surface area contributed by atoms with E-state index in [0.717, 1.165) is 6.54 Å². The molecular formula is C10H18N2O. The van der Waals surface area contributed by atoms with Crippen molar-refractivity contribution >= 4 is 5.91 Å². The summed E-state index contributed by atoms with van der Waals surface area (Å²) in [5.41, 5.74) is 0. The predicted molar refractivity (Wildman–Crippen MR) is 53.5 cm³/mol. The maximum Gasteiger partial charge on any atom is 0.243 e. The molecular weight excluding hydrogens is 164 g/mol. The second kappa shape index (κ2) is 5.02. The largest absolute Gasteiger partial charge is 0.349 e. The van der Waals surface area contributed by atoms with Crippen molar-refractivity contribution < 1.29 is 4.79 Å². The van der Waals surface area contributed by atoms with Gasteiger partial charge >= 0.3 is 0 Å². The minimum atomic E-state index is -0.0771. The molecule has 0 aromatic carbocycles. The first-order valence-electron chi connectivity index (χ1n) is 4.87. The van der Waals surface area contributed by atoms with Crippen LogP contribution < -0.4 is 5.32 Å². The van der Waals surface area contributed by atoms with Crippen LogP contribution in [0.4, 0.5) is 0 Å². The van der Waals surface area contributed by atoms with Gasteiger partial charge in [-0.15, -0.1) is 0 Å². The highest BCUT2D eigenvalue weighted by molar-refractivity contribution is 5.87. The van der Waals surface area contributed by atoms with E-state index in [-0.39, 0.29) is 11.9 Å². The Balaban J connectivity index is 2.19. The molecule has 1 aliphatic heterocycles. The van der Waals surface area contributed by atoms with Crippen LogP contribution in [0.1, 0.15) is 19.8 Å². The van der Waals surface area contributed by atoms with Gasteiger partial charge in [-0.2, -0.15) is 0 Å². The Morgan fingerprint density at radius 2 is 2.23 bits per heavy atom. The molecule has 0 saturated carbocycles. The number of hydrogen-bond donors (Lipinski definition) is 1. The van der Waals surface area contributed by atoms with Crippen LogP contribution in [0.15, 0.2) is 12.7 Å².